The number of rotatable bonds is 9. The minimum Gasteiger partial charge on any atom is -0.469 e. The maximum atomic E-state index is 12.7. The molecule has 2 aromatic rings. The van der Waals surface area contributed by atoms with Crippen LogP contribution in [0.25, 0.3) is 0 Å². The number of aromatic nitrogens is 2. The van der Waals surface area contributed by atoms with E-state index >= 15 is 0 Å². The largest absolute Gasteiger partial charge is 0.469 e. The van der Waals surface area contributed by atoms with E-state index in [1.807, 2.05) is 30.3 Å². The molecule has 10 heteroatoms. The first-order chi connectivity index (χ1) is 13.9. The van der Waals surface area contributed by atoms with Crippen LogP contribution in [0.1, 0.15) is 22.5 Å². The third-order valence-electron chi connectivity index (χ3n) is 3.88. The second-order valence-corrected chi connectivity index (χ2v) is 7.07. The lowest BCUT2D eigenvalue weighted by Crippen LogP contribution is -2.48. The Balaban J connectivity index is 2.14. The third kappa shape index (κ3) is 7.03. The zero-order chi connectivity index (χ0) is 21.2. The smallest absolute Gasteiger partial charge is 0.307 e. The molecule has 0 bridgehead atoms. The molecule has 0 saturated heterocycles. The van der Waals surface area contributed by atoms with Crippen LogP contribution in [0.2, 0.25) is 5.02 Å². The van der Waals surface area contributed by atoms with Gasteiger partial charge < -0.3 is 15.4 Å². The van der Waals surface area contributed by atoms with Crippen molar-refractivity contribution < 1.29 is 19.1 Å². The Morgan fingerprint density at radius 1 is 1.24 bits per heavy atom. The van der Waals surface area contributed by atoms with Crippen molar-refractivity contribution in [3.8, 4) is 0 Å². The van der Waals surface area contributed by atoms with Crippen molar-refractivity contribution in [1.82, 2.24) is 20.6 Å². The van der Waals surface area contributed by atoms with E-state index in [-0.39, 0.29) is 30.1 Å². The Morgan fingerprint density at radius 3 is 2.62 bits per heavy atom. The number of ether oxygens (including phenoxy) is 1. The topological polar surface area (TPSA) is 110 Å². The first-order valence-corrected chi connectivity index (χ1v) is 10.3. The van der Waals surface area contributed by atoms with Gasteiger partial charge in [-0.3, -0.25) is 14.4 Å². The molecule has 1 heterocycles. The van der Waals surface area contributed by atoms with Crippen LogP contribution in [0.15, 0.2) is 41.7 Å². The zero-order valence-electron chi connectivity index (χ0n) is 16.0. The molecule has 0 radical (unpaired) electrons. The number of esters is 1. The molecule has 0 aliphatic carbocycles. The van der Waals surface area contributed by atoms with Crippen molar-refractivity contribution >= 4 is 41.1 Å². The van der Waals surface area contributed by atoms with Gasteiger partial charge in [-0.2, -0.15) is 0 Å². The SMILES string of the molecule is COC(=O)CCNC(=O)[C@H](Cc1ccccc1)NC(=O)c1nc(SC)ncc1Cl. The Kier molecular flexibility index (Phi) is 8.88. The van der Waals surface area contributed by atoms with Crippen molar-refractivity contribution in [2.45, 2.75) is 24.0 Å². The van der Waals surface area contributed by atoms with Crippen molar-refractivity contribution in [3.05, 3.63) is 52.8 Å². The first kappa shape index (κ1) is 22.6. The van der Waals surface area contributed by atoms with Crippen LogP contribution >= 0.6 is 23.4 Å². The third-order valence-corrected chi connectivity index (χ3v) is 4.72. The van der Waals surface area contributed by atoms with Crippen molar-refractivity contribution in [2.24, 2.45) is 0 Å². The van der Waals surface area contributed by atoms with Crippen LogP contribution in [0.3, 0.4) is 0 Å². The van der Waals surface area contributed by atoms with Gasteiger partial charge in [-0.25, -0.2) is 9.97 Å². The number of methoxy groups -OCH3 is 1. The van der Waals surface area contributed by atoms with E-state index in [9.17, 15) is 14.4 Å². The quantitative estimate of drug-likeness (QED) is 0.350. The molecule has 0 unspecified atom stereocenters. The Labute approximate surface area is 177 Å². The van der Waals surface area contributed by atoms with Crippen LogP contribution in [0.4, 0.5) is 0 Å². The van der Waals surface area contributed by atoms with Gasteiger partial charge in [0.25, 0.3) is 5.91 Å². The van der Waals surface area contributed by atoms with Crippen LogP contribution in [-0.2, 0) is 20.7 Å². The molecule has 0 spiro atoms. The molecule has 2 amide bonds. The van der Waals surface area contributed by atoms with Gasteiger partial charge in [0.15, 0.2) is 10.9 Å². The van der Waals surface area contributed by atoms with Crippen molar-refractivity contribution in [2.75, 3.05) is 19.9 Å². The van der Waals surface area contributed by atoms with Gasteiger partial charge in [-0.1, -0.05) is 53.7 Å². The first-order valence-electron chi connectivity index (χ1n) is 8.70. The second-order valence-electron chi connectivity index (χ2n) is 5.89. The van der Waals surface area contributed by atoms with Crippen LogP contribution < -0.4 is 10.6 Å². The molecular weight excluding hydrogens is 416 g/mol. The lowest BCUT2D eigenvalue weighted by Gasteiger charge is -2.19. The number of nitrogens with one attached hydrogen (secondary N) is 2. The number of hydrogen-bond donors (Lipinski definition) is 2. The maximum Gasteiger partial charge on any atom is 0.307 e. The standard InChI is InChI=1S/C19H21ClN4O4S/c1-28-15(25)8-9-21-17(26)14(10-12-6-4-3-5-7-12)23-18(27)16-13(20)11-22-19(24-16)29-2/h3-7,11,14H,8-10H2,1-2H3,(H,21,26)(H,23,27)/t14-/m0/s1. The molecule has 154 valence electrons. The second kappa shape index (κ2) is 11.4. The monoisotopic (exact) mass is 436 g/mol. The number of nitrogens with zero attached hydrogens (tertiary/aromatic N) is 2. The molecule has 1 atom stereocenters. The summed E-state index contributed by atoms with van der Waals surface area (Å²) >= 11 is 7.33. The van der Waals surface area contributed by atoms with Crippen molar-refractivity contribution in [3.63, 3.8) is 0 Å². The molecule has 0 saturated carbocycles. The van der Waals surface area contributed by atoms with Crippen LogP contribution in [0, 0.1) is 0 Å². The van der Waals surface area contributed by atoms with E-state index in [1.54, 1.807) is 6.26 Å². The predicted octanol–water partition coefficient (Wildman–Crippen LogP) is 1.87. The molecule has 0 fully saturated rings. The zero-order valence-corrected chi connectivity index (χ0v) is 17.5. The van der Waals surface area contributed by atoms with Crippen molar-refractivity contribution in [1.29, 1.82) is 0 Å². The van der Waals surface area contributed by atoms with Gasteiger partial charge in [0.1, 0.15) is 6.04 Å². The minimum absolute atomic E-state index is 0.00793. The molecule has 1 aromatic carbocycles. The van der Waals surface area contributed by atoms with Gasteiger partial charge in [0.2, 0.25) is 5.91 Å². The maximum absolute atomic E-state index is 12.7. The number of carbonyl (C=O) groups excluding carboxylic acids is 3. The van der Waals surface area contributed by atoms with E-state index in [2.05, 4.69) is 25.3 Å². The van der Waals surface area contributed by atoms with Gasteiger partial charge in [0, 0.05) is 13.0 Å². The Hall–Kier alpha value is -2.65. The number of carbonyl (C=O) groups is 3. The summed E-state index contributed by atoms with van der Waals surface area (Å²) in [5.74, 6) is -1.45. The summed E-state index contributed by atoms with van der Waals surface area (Å²) in [5, 5.41) is 5.79. The molecule has 29 heavy (non-hydrogen) atoms. The van der Waals surface area contributed by atoms with E-state index in [4.69, 9.17) is 11.6 Å². The Bertz CT molecular complexity index is 867. The number of hydrogen-bond acceptors (Lipinski definition) is 7. The highest BCUT2D eigenvalue weighted by atomic mass is 35.5. The lowest BCUT2D eigenvalue weighted by atomic mass is 10.0. The van der Waals surface area contributed by atoms with Gasteiger partial charge in [-0.15, -0.1) is 0 Å². The molecule has 0 aliphatic rings. The highest BCUT2D eigenvalue weighted by molar-refractivity contribution is 7.98. The molecule has 1 aromatic heterocycles. The fourth-order valence-corrected chi connectivity index (χ4v) is 2.92. The highest BCUT2D eigenvalue weighted by Gasteiger charge is 2.24. The number of halogens is 1. The summed E-state index contributed by atoms with van der Waals surface area (Å²) in [5.41, 5.74) is 0.853. The molecule has 0 aliphatic heterocycles. The van der Waals surface area contributed by atoms with E-state index < -0.39 is 23.8 Å². The summed E-state index contributed by atoms with van der Waals surface area (Å²) in [6.45, 7) is 0.0948. The van der Waals surface area contributed by atoms with E-state index in [0.29, 0.717) is 5.16 Å². The average Bonchev–Trinajstić information content (AvgIpc) is 2.74. The predicted molar refractivity (Wildman–Crippen MR) is 110 cm³/mol. The minimum atomic E-state index is -0.883. The van der Waals surface area contributed by atoms with Gasteiger partial charge in [0.05, 0.1) is 24.8 Å². The van der Waals surface area contributed by atoms with E-state index in [1.165, 1.54) is 25.1 Å². The van der Waals surface area contributed by atoms with E-state index in [0.717, 1.165) is 5.56 Å². The Morgan fingerprint density at radius 2 is 1.97 bits per heavy atom. The number of benzene rings is 1. The van der Waals surface area contributed by atoms with Crippen LogP contribution in [0.5, 0.6) is 0 Å². The molecule has 2 rings (SSSR count). The summed E-state index contributed by atoms with van der Waals surface area (Å²) < 4.78 is 4.55. The number of amides is 2. The normalized spacial score (nSPS) is 11.4. The molecular formula is C19H21ClN4O4S. The summed E-state index contributed by atoms with van der Waals surface area (Å²) in [4.78, 5) is 44.7. The fourth-order valence-electron chi connectivity index (χ4n) is 2.41. The summed E-state index contributed by atoms with van der Waals surface area (Å²) in [6.07, 6.45) is 3.41. The summed E-state index contributed by atoms with van der Waals surface area (Å²) in [6, 6.07) is 8.36. The lowest BCUT2D eigenvalue weighted by molar-refractivity contribution is -0.140. The molecule has 2 N–H and O–H groups in total. The fraction of sp³-hybridized carbons (Fsp3) is 0.316. The molecule has 8 nitrogen and oxygen atoms in total. The van der Waals surface area contributed by atoms with Gasteiger partial charge >= 0.3 is 5.97 Å². The van der Waals surface area contributed by atoms with Crippen LogP contribution in [-0.4, -0.2) is 53.7 Å². The summed E-state index contributed by atoms with van der Waals surface area (Å²) in [7, 11) is 1.27. The number of thioether (sulfide) groups is 1. The average molecular weight is 437 g/mol. The van der Waals surface area contributed by atoms with Gasteiger partial charge in [-0.05, 0) is 11.8 Å². The highest BCUT2D eigenvalue weighted by Crippen LogP contribution is 2.17.